The third kappa shape index (κ3) is 1.39. The molecule has 1 aromatic carbocycles. The van der Waals surface area contributed by atoms with E-state index in [0.29, 0.717) is 5.56 Å². The van der Waals surface area contributed by atoms with E-state index in [2.05, 4.69) is 0 Å². The van der Waals surface area contributed by atoms with Gasteiger partial charge in [-0.15, -0.1) is 23.1 Å². The minimum absolute atomic E-state index is 0.114. The van der Waals surface area contributed by atoms with E-state index in [1.807, 2.05) is 17.7 Å². The van der Waals surface area contributed by atoms with Crippen LogP contribution in [0.25, 0.3) is 10.1 Å². The maximum atomic E-state index is 9.53. The summed E-state index contributed by atoms with van der Waals surface area (Å²) in [5.41, 5.74) is 0.632. The Balaban J connectivity index is 2.76. The second kappa shape index (κ2) is 3.81. The Morgan fingerprint density at radius 2 is 2.21 bits per heavy atom. The first-order chi connectivity index (χ1) is 6.77. The molecule has 0 amide bonds. The Morgan fingerprint density at radius 1 is 1.43 bits per heavy atom. The summed E-state index contributed by atoms with van der Waals surface area (Å²) in [6, 6.07) is 3.53. The molecule has 2 aromatic rings. The van der Waals surface area contributed by atoms with E-state index in [4.69, 9.17) is 5.11 Å². The lowest BCUT2D eigenvalue weighted by Gasteiger charge is -2.02. The molecule has 2 N–H and O–H groups in total. The fourth-order valence-electron chi connectivity index (χ4n) is 1.43. The van der Waals surface area contributed by atoms with Gasteiger partial charge in [-0.05, 0) is 18.4 Å². The molecule has 0 radical (unpaired) electrons. The van der Waals surface area contributed by atoms with Crippen molar-refractivity contribution in [1.29, 1.82) is 0 Å². The molecule has 0 aliphatic carbocycles. The van der Waals surface area contributed by atoms with Gasteiger partial charge in [-0.3, -0.25) is 0 Å². The average molecular weight is 226 g/mol. The highest BCUT2D eigenvalue weighted by Crippen LogP contribution is 2.37. The molecule has 1 heterocycles. The number of thioether (sulfide) groups is 1. The third-order valence-corrected chi connectivity index (χ3v) is 4.15. The number of fused-ring (bicyclic) bond motifs is 1. The van der Waals surface area contributed by atoms with Crippen LogP contribution < -0.4 is 0 Å². The quantitative estimate of drug-likeness (QED) is 0.774. The standard InChI is InChI=1S/C10H10O2S2/c1-13-9-5-14-10-6(9)2-3-8(12)7(10)4-11/h2-3,5,11-12H,4H2,1H3. The number of rotatable bonds is 2. The van der Waals surface area contributed by atoms with E-state index in [-0.39, 0.29) is 12.4 Å². The first-order valence-corrected chi connectivity index (χ1v) is 6.25. The first-order valence-electron chi connectivity index (χ1n) is 4.14. The molecule has 0 atom stereocenters. The zero-order chi connectivity index (χ0) is 10.1. The molecule has 0 fully saturated rings. The smallest absolute Gasteiger partial charge is 0.122 e. The molecule has 2 nitrogen and oxygen atoms in total. The van der Waals surface area contributed by atoms with Gasteiger partial charge < -0.3 is 10.2 Å². The van der Waals surface area contributed by atoms with E-state index in [9.17, 15) is 5.11 Å². The van der Waals surface area contributed by atoms with Gasteiger partial charge in [0.2, 0.25) is 0 Å². The summed E-state index contributed by atoms with van der Waals surface area (Å²) in [6.07, 6.45) is 2.02. The van der Waals surface area contributed by atoms with E-state index < -0.39 is 0 Å². The van der Waals surface area contributed by atoms with Gasteiger partial charge >= 0.3 is 0 Å². The van der Waals surface area contributed by atoms with Crippen molar-refractivity contribution in [1.82, 2.24) is 0 Å². The minimum atomic E-state index is -0.114. The van der Waals surface area contributed by atoms with Gasteiger partial charge in [0.05, 0.1) is 6.61 Å². The Morgan fingerprint density at radius 3 is 2.86 bits per heavy atom. The van der Waals surface area contributed by atoms with Crippen molar-refractivity contribution in [3.05, 3.63) is 23.1 Å². The molecular weight excluding hydrogens is 216 g/mol. The monoisotopic (exact) mass is 226 g/mol. The van der Waals surface area contributed by atoms with E-state index in [1.54, 1.807) is 29.2 Å². The van der Waals surface area contributed by atoms with Gasteiger partial charge in [-0.1, -0.05) is 0 Å². The first kappa shape index (κ1) is 9.83. The fourth-order valence-corrected chi connectivity index (χ4v) is 3.38. The fraction of sp³-hybridized carbons (Fsp3) is 0.200. The van der Waals surface area contributed by atoms with Crippen LogP contribution in [-0.2, 0) is 6.61 Å². The normalized spacial score (nSPS) is 11.0. The maximum absolute atomic E-state index is 9.53. The molecule has 0 bridgehead atoms. The van der Waals surface area contributed by atoms with Crippen LogP contribution in [-0.4, -0.2) is 16.5 Å². The molecular formula is C10H10O2S2. The lowest BCUT2D eigenvalue weighted by molar-refractivity contribution is 0.277. The zero-order valence-electron chi connectivity index (χ0n) is 7.65. The minimum Gasteiger partial charge on any atom is -0.508 e. The molecule has 0 saturated carbocycles. The number of hydrogen-bond acceptors (Lipinski definition) is 4. The molecule has 0 aliphatic rings. The highest BCUT2D eigenvalue weighted by atomic mass is 32.2. The number of aliphatic hydroxyl groups excluding tert-OH is 1. The van der Waals surface area contributed by atoms with Gasteiger partial charge in [0.15, 0.2) is 0 Å². The van der Waals surface area contributed by atoms with Gasteiger partial charge in [-0.2, -0.15) is 0 Å². The highest BCUT2D eigenvalue weighted by molar-refractivity contribution is 7.99. The lowest BCUT2D eigenvalue weighted by Crippen LogP contribution is -1.84. The summed E-state index contributed by atoms with van der Waals surface area (Å²) >= 11 is 3.24. The largest absolute Gasteiger partial charge is 0.508 e. The van der Waals surface area contributed by atoms with Gasteiger partial charge in [0.25, 0.3) is 0 Å². The number of benzene rings is 1. The summed E-state index contributed by atoms with van der Waals surface area (Å²) in [4.78, 5) is 1.19. The summed E-state index contributed by atoms with van der Waals surface area (Å²) in [5.74, 6) is 0.175. The van der Waals surface area contributed by atoms with Gasteiger partial charge in [0.1, 0.15) is 5.75 Å². The van der Waals surface area contributed by atoms with Gasteiger partial charge in [-0.25, -0.2) is 0 Å². The van der Waals surface area contributed by atoms with Crippen molar-refractivity contribution in [2.45, 2.75) is 11.5 Å². The van der Waals surface area contributed by atoms with Gasteiger partial charge in [0, 0.05) is 25.9 Å². The number of thiophene rings is 1. The van der Waals surface area contributed by atoms with Crippen molar-refractivity contribution in [3.63, 3.8) is 0 Å². The van der Waals surface area contributed by atoms with Crippen LogP contribution in [0.15, 0.2) is 22.4 Å². The lowest BCUT2D eigenvalue weighted by atomic mass is 10.1. The number of hydrogen-bond donors (Lipinski definition) is 2. The second-order valence-electron chi connectivity index (χ2n) is 2.90. The Kier molecular flexibility index (Phi) is 2.67. The Bertz CT molecular complexity index is 462. The predicted molar refractivity (Wildman–Crippen MR) is 61.2 cm³/mol. The SMILES string of the molecule is CSc1csc2c(CO)c(O)ccc12. The van der Waals surface area contributed by atoms with Crippen molar-refractivity contribution in [3.8, 4) is 5.75 Å². The summed E-state index contributed by atoms with van der Waals surface area (Å²) in [6.45, 7) is -0.114. The van der Waals surface area contributed by atoms with E-state index >= 15 is 0 Å². The van der Waals surface area contributed by atoms with Crippen LogP contribution >= 0.6 is 23.1 Å². The molecule has 74 valence electrons. The topological polar surface area (TPSA) is 40.5 Å². The van der Waals surface area contributed by atoms with Crippen molar-refractivity contribution >= 4 is 33.2 Å². The van der Waals surface area contributed by atoms with Crippen LogP contribution in [0.1, 0.15) is 5.56 Å². The zero-order valence-corrected chi connectivity index (χ0v) is 9.28. The van der Waals surface area contributed by atoms with Crippen LogP contribution in [0, 0.1) is 0 Å². The molecule has 0 aliphatic heterocycles. The summed E-state index contributed by atoms with van der Waals surface area (Å²) in [5, 5.41) is 21.8. The molecule has 14 heavy (non-hydrogen) atoms. The number of aromatic hydroxyl groups is 1. The molecule has 0 spiro atoms. The molecule has 0 saturated heterocycles. The number of phenols is 1. The molecule has 1 aromatic heterocycles. The van der Waals surface area contributed by atoms with Crippen LogP contribution in [0.2, 0.25) is 0 Å². The predicted octanol–water partition coefficient (Wildman–Crippen LogP) is 2.82. The Hall–Kier alpha value is -0.710. The van der Waals surface area contributed by atoms with E-state index in [0.717, 1.165) is 10.1 Å². The summed E-state index contributed by atoms with van der Waals surface area (Å²) in [7, 11) is 0. The molecule has 4 heteroatoms. The molecule has 0 unspecified atom stereocenters. The highest BCUT2D eigenvalue weighted by Gasteiger charge is 2.10. The van der Waals surface area contributed by atoms with Crippen molar-refractivity contribution < 1.29 is 10.2 Å². The van der Waals surface area contributed by atoms with Crippen LogP contribution in [0.4, 0.5) is 0 Å². The average Bonchev–Trinajstić information content (AvgIpc) is 2.60. The Labute approximate surface area is 90.2 Å². The molecule has 2 rings (SSSR count). The second-order valence-corrected chi connectivity index (χ2v) is 4.63. The van der Waals surface area contributed by atoms with E-state index in [1.165, 1.54) is 4.90 Å². The maximum Gasteiger partial charge on any atom is 0.122 e. The van der Waals surface area contributed by atoms with Crippen LogP contribution in [0.3, 0.4) is 0 Å². The summed E-state index contributed by atoms with van der Waals surface area (Å²) < 4.78 is 0.983. The van der Waals surface area contributed by atoms with Crippen molar-refractivity contribution in [2.24, 2.45) is 0 Å². The number of aliphatic hydroxyl groups is 1. The van der Waals surface area contributed by atoms with Crippen molar-refractivity contribution in [2.75, 3.05) is 6.26 Å². The third-order valence-electron chi connectivity index (χ3n) is 2.16. The van der Waals surface area contributed by atoms with Crippen LogP contribution in [0.5, 0.6) is 5.75 Å².